The topological polar surface area (TPSA) is 95.9 Å². The lowest BCUT2D eigenvalue weighted by Gasteiger charge is -2.39. The molecule has 0 amide bonds. The van der Waals surface area contributed by atoms with Crippen LogP contribution in [0.5, 0.6) is 0 Å². The van der Waals surface area contributed by atoms with Crippen molar-refractivity contribution in [2.75, 3.05) is 4.90 Å². The van der Waals surface area contributed by atoms with Crippen molar-refractivity contribution in [2.24, 2.45) is 5.73 Å². The molecule has 31 heavy (non-hydrogen) atoms. The van der Waals surface area contributed by atoms with Gasteiger partial charge in [0.1, 0.15) is 11.0 Å². The molecule has 0 saturated carbocycles. The van der Waals surface area contributed by atoms with Crippen LogP contribution in [-0.2, 0) is 4.79 Å². The average Bonchev–Trinajstić information content (AvgIpc) is 2.78. The maximum atomic E-state index is 13.2. The number of hydrogen-bond donors (Lipinski definition) is 1. The zero-order chi connectivity index (χ0) is 21.5. The van der Waals surface area contributed by atoms with Gasteiger partial charge in [-0.1, -0.05) is 29.8 Å². The van der Waals surface area contributed by atoms with E-state index in [4.69, 9.17) is 17.3 Å². The molecule has 7 heteroatoms. The first-order chi connectivity index (χ1) is 15.1. The zero-order valence-electron chi connectivity index (χ0n) is 16.5. The summed E-state index contributed by atoms with van der Waals surface area (Å²) in [5, 5.41) is 11.3. The van der Waals surface area contributed by atoms with Gasteiger partial charge >= 0.3 is 0 Å². The first kappa shape index (κ1) is 19.3. The number of ketones is 1. The van der Waals surface area contributed by atoms with Gasteiger partial charge in [0.05, 0.1) is 35.0 Å². The minimum Gasteiger partial charge on any atom is -0.384 e. The van der Waals surface area contributed by atoms with Crippen LogP contribution in [0.3, 0.4) is 0 Å². The lowest BCUT2D eigenvalue weighted by molar-refractivity contribution is -0.116. The van der Waals surface area contributed by atoms with Crippen molar-refractivity contribution in [1.29, 1.82) is 5.26 Å². The highest BCUT2D eigenvalue weighted by molar-refractivity contribution is 6.31. The van der Waals surface area contributed by atoms with E-state index in [1.54, 1.807) is 23.4 Å². The highest BCUT2D eigenvalue weighted by Gasteiger charge is 2.41. The quantitative estimate of drug-likeness (QED) is 0.601. The second kappa shape index (κ2) is 7.53. The van der Waals surface area contributed by atoms with E-state index in [9.17, 15) is 10.1 Å². The van der Waals surface area contributed by atoms with Gasteiger partial charge in [-0.05, 0) is 37.1 Å². The number of rotatable bonds is 2. The lowest BCUT2D eigenvalue weighted by atomic mass is 9.75. The number of aromatic nitrogens is 2. The number of nitrogens with zero attached hydrogens (tertiary/aromatic N) is 4. The normalized spacial score (nSPS) is 18.9. The van der Waals surface area contributed by atoms with Crippen molar-refractivity contribution >= 4 is 34.0 Å². The minimum absolute atomic E-state index is 0.00427. The zero-order valence-corrected chi connectivity index (χ0v) is 17.3. The van der Waals surface area contributed by atoms with Gasteiger partial charge in [0, 0.05) is 34.8 Å². The SMILES string of the molecule is N#CC1=C(N)N(c2cccnc2)C2=C(C(=O)CCC2)C1c1cc2ccccc2nc1Cl. The van der Waals surface area contributed by atoms with Crippen molar-refractivity contribution in [3.8, 4) is 6.07 Å². The van der Waals surface area contributed by atoms with E-state index < -0.39 is 5.92 Å². The van der Waals surface area contributed by atoms with Crippen molar-refractivity contribution in [1.82, 2.24) is 9.97 Å². The van der Waals surface area contributed by atoms with Gasteiger partial charge in [-0.15, -0.1) is 0 Å². The van der Waals surface area contributed by atoms with Crippen LogP contribution in [-0.4, -0.2) is 15.8 Å². The van der Waals surface area contributed by atoms with Crippen LogP contribution in [0, 0.1) is 11.3 Å². The fourth-order valence-electron chi connectivity index (χ4n) is 4.49. The number of carbonyl (C=O) groups is 1. The van der Waals surface area contributed by atoms with Gasteiger partial charge in [-0.2, -0.15) is 5.26 Å². The number of Topliss-reactive ketones (excluding diaryl/α,β-unsaturated/α-hetero) is 1. The summed E-state index contributed by atoms with van der Waals surface area (Å²) in [7, 11) is 0. The molecule has 2 aromatic heterocycles. The molecule has 152 valence electrons. The first-order valence-electron chi connectivity index (χ1n) is 10.0. The van der Waals surface area contributed by atoms with Crippen molar-refractivity contribution in [3.05, 3.63) is 88.2 Å². The van der Waals surface area contributed by atoms with Gasteiger partial charge in [0.2, 0.25) is 0 Å². The largest absolute Gasteiger partial charge is 0.384 e. The predicted octanol–water partition coefficient (Wildman–Crippen LogP) is 4.59. The summed E-state index contributed by atoms with van der Waals surface area (Å²) < 4.78 is 0. The Balaban J connectivity index is 1.79. The van der Waals surface area contributed by atoms with E-state index in [-0.39, 0.29) is 22.3 Å². The van der Waals surface area contributed by atoms with E-state index in [1.807, 2.05) is 36.4 Å². The molecule has 1 aliphatic heterocycles. The number of allylic oxidation sites excluding steroid dienone is 3. The number of halogens is 1. The number of carbonyl (C=O) groups excluding carboxylic acids is 1. The second-order valence-electron chi connectivity index (χ2n) is 7.59. The molecule has 6 nitrogen and oxygen atoms in total. The number of nitriles is 1. The number of anilines is 1. The molecular formula is C24H18ClN5O. The fourth-order valence-corrected chi connectivity index (χ4v) is 4.74. The number of benzene rings is 1. The predicted molar refractivity (Wildman–Crippen MR) is 119 cm³/mol. The summed E-state index contributed by atoms with van der Waals surface area (Å²) in [6.45, 7) is 0. The number of hydrogen-bond acceptors (Lipinski definition) is 6. The van der Waals surface area contributed by atoms with E-state index in [0.717, 1.165) is 28.7 Å². The van der Waals surface area contributed by atoms with Gasteiger partial charge in [-0.25, -0.2) is 4.98 Å². The molecule has 1 unspecified atom stereocenters. The summed E-state index contributed by atoms with van der Waals surface area (Å²) in [6, 6.07) is 15.4. The first-order valence-corrected chi connectivity index (χ1v) is 10.4. The Hall–Kier alpha value is -3.69. The lowest BCUT2D eigenvalue weighted by Crippen LogP contribution is -2.38. The summed E-state index contributed by atoms with van der Waals surface area (Å²) in [4.78, 5) is 23.7. The third-order valence-corrected chi connectivity index (χ3v) is 6.14. The van der Waals surface area contributed by atoms with Gasteiger partial charge < -0.3 is 5.73 Å². The van der Waals surface area contributed by atoms with Gasteiger partial charge in [0.25, 0.3) is 0 Å². The maximum absolute atomic E-state index is 13.2. The summed E-state index contributed by atoms with van der Waals surface area (Å²) >= 11 is 6.60. The second-order valence-corrected chi connectivity index (χ2v) is 7.95. The Kier molecular flexibility index (Phi) is 4.68. The monoisotopic (exact) mass is 427 g/mol. The number of nitrogens with two attached hydrogens (primary N) is 1. The summed E-state index contributed by atoms with van der Waals surface area (Å²) in [6.07, 6.45) is 5.16. The fraction of sp³-hybridized carbons (Fsp3) is 0.167. The highest BCUT2D eigenvalue weighted by Crippen LogP contribution is 2.47. The molecule has 0 spiro atoms. The Labute approximate surface area is 184 Å². The average molecular weight is 428 g/mol. The van der Waals surface area contributed by atoms with Gasteiger partial charge in [-0.3, -0.25) is 14.7 Å². The Morgan fingerprint density at radius 1 is 1.19 bits per heavy atom. The number of para-hydroxylation sites is 1. The van der Waals surface area contributed by atoms with Crippen molar-refractivity contribution in [2.45, 2.75) is 25.2 Å². The number of fused-ring (bicyclic) bond motifs is 1. The molecule has 1 aromatic carbocycles. The summed E-state index contributed by atoms with van der Waals surface area (Å²) in [5.41, 5.74) is 10.3. The molecule has 0 radical (unpaired) electrons. The summed E-state index contributed by atoms with van der Waals surface area (Å²) in [5.74, 6) is -0.354. The smallest absolute Gasteiger partial charge is 0.161 e. The van der Waals surface area contributed by atoms with E-state index in [1.165, 1.54) is 0 Å². The van der Waals surface area contributed by atoms with Crippen LogP contribution >= 0.6 is 11.6 Å². The molecule has 2 N–H and O–H groups in total. The van der Waals surface area contributed by atoms with E-state index >= 15 is 0 Å². The maximum Gasteiger partial charge on any atom is 0.161 e. The van der Waals surface area contributed by atoms with Crippen molar-refractivity contribution < 1.29 is 4.79 Å². The molecule has 0 saturated heterocycles. The Morgan fingerprint density at radius 2 is 2.03 bits per heavy atom. The van der Waals surface area contributed by atoms with Crippen LogP contribution in [0.2, 0.25) is 5.15 Å². The Morgan fingerprint density at radius 3 is 2.81 bits per heavy atom. The van der Waals surface area contributed by atoms with E-state index in [0.29, 0.717) is 24.0 Å². The third-order valence-electron chi connectivity index (χ3n) is 5.83. The van der Waals surface area contributed by atoms with Crippen LogP contribution < -0.4 is 10.6 Å². The molecule has 5 rings (SSSR count). The highest BCUT2D eigenvalue weighted by atomic mass is 35.5. The van der Waals surface area contributed by atoms with Crippen LogP contribution in [0.1, 0.15) is 30.7 Å². The van der Waals surface area contributed by atoms with Gasteiger partial charge in [0.15, 0.2) is 5.78 Å². The minimum atomic E-state index is -0.648. The Bertz CT molecular complexity index is 1320. The standard InChI is InChI=1S/C24H18ClN5O/c25-23-16(11-14-5-1-2-7-18(14)29-23)21-17(12-26)24(27)30(15-6-4-10-28-13-15)19-8-3-9-20(31)22(19)21/h1-2,4-7,10-11,13,21H,3,8-9,27H2. The molecule has 1 aliphatic carbocycles. The van der Waals surface area contributed by atoms with E-state index in [2.05, 4.69) is 16.0 Å². The van der Waals surface area contributed by atoms with Crippen LogP contribution in [0.25, 0.3) is 10.9 Å². The molecule has 3 heterocycles. The molecule has 0 bridgehead atoms. The van der Waals surface area contributed by atoms with Crippen LogP contribution in [0.15, 0.2) is 77.5 Å². The molecule has 0 fully saturated rings. The molecule has 3 aromatic rings. The van der Waals surface area contributed by atoms with Crippen LogP contribution in [0.4, 0.5) is 5.69 Å². The molecule has 1 atom stereocenters. The molecular weight excluding hydrogens is 410 g/mol. The third kappa shape index (κ3) is 3.06. The number of pyridine rings is 2. The van der Waals surface area contributed by atoms with Crippen molar-refractivity contribution in [3.63, 3.8) is 0 Å². The molecule has 2 aliphatic rings.